The van der Waals surface area contributed by atoms with E-state index in [1.54, 1.807) is 0 Å². The van der Waals surface area contributed by atoms with Gasteiger partial charge in [-0.3, -0.25) is 0 Å². The summed E-state index contributed by atoms with van der Waals surface area (Å²) in [7, 11) is 0. The second-order valence-electron chi connectivity index (χ2n) is 15.4. The smallest absolute Gasteiger partial charge is 0.136 e. The lowest BCUT2D eigenvalue weighted by atomic mass is 9.73. The number of nitrogens with zero attached hydrogens (tertiary/aromatic N) is 2. The molecule has 0 spiro atoms. The maximum Gasteiger partial charge on any atom is 0.136 e. The molecule has 9 aromatic rings. The zero-order valence-corrected chi connectivity index (χ0v) is 29.6. The molecule has 250 valence electrons. The fraction of sp³-hybridized carbons (Fsp3) is 0.125. The van der Waals surface area contributed by atoms with Crippen molar-refractivity contribution in [2.24, 2.45) is 0 Å². The zero-order chi connectivity index (χ0) is 34.9. The van der Waals surface area contributed by atoms with Crippen LogP contribution in [0.3, 0.4) is 0 Å². The summed E-state index contributed by atoms with van der Waals surface area (Å²) < 4.78 is 13.6. The largest absolute Gasteiger partial charge is 0.456 e. The Balaban J connectivity index is 1.15. The molecule has 0 bridgehead atoms. The number of hydrogen-bond donors (Lipinski definition) is 0. The molecule has 52 heavy (non-hydrogen) atoms. The number of hydrogen-bond acceptors (Lipinski definition) is 4. The molecule has 4 heteroatoms. The van der Waals surface area contributed by atoms with E-state index >= 15 is 0 Å². The first-order valence-corrected chi connectivity index (χ1v) is 18.1. The number of rotatable bonds is 2. The molecule has 0 N–H and O–H groups in total. The van der Waals surface area contributed by atoms with Crippen LogP contribution in [0.5, 0.6) is 0 Å². The van der Waals surface area contributed by atoms with E-state index in [4.69, 9.17) is 8.83 Å². The SMILES string of the molecule is CC1(C)c2ccccc2N(c2ccccc2)c2cc3c(cc21)oc1cc2c(cc13)oc1cc3c(cc12)N(c1ccccc1)c1ccccc1C3(C)C. The van der Waals surface area contributed by atoms with Crippen LogP contribution >= 0.6 is 0 Å². The molecule has 4 nitrogen and oxygen atoms in total. The molecule has 11 rings (SSSR count). The standard InChI is InChI=1S/C48H36N2O2/c1-47(2)35-19-11-13-21-39(35)49(29-15-7-5-8-16-29)41-23-31-33-25-44-34(26-43(33)51-45(31)27-37(41)47)32-24-42-38(28-46(32)52-44)48(3,4)36-20-12-14-22-40(36)50(42)30-17-9-6-10-18-30/h5-28H,1-4H3. The van der Waals surface area contributed by atoms with Gasteiger partial charge in [-0.05, 0) is 95.1 Å². The summed E-state index contributed by atoms with van der Waals surface area (Å²) in [5.41, 5.74) is 15.2. The lowest BCUT2D eigenvalue weighted by Gasteiger charge is -2.42. The first-order chi connectivity index (χ1) is 25.3. The van der Waals surface area contributed by atoms with Gasteiger partial charge in [-0.25, -0.2) is 0 Å². The molecule has 0 saturated carbocycles. The number of furan rings is 2. The molecule has 0 amide bonds. The van der Waals surface area contributed by atoms with Crippen LogP contribution in [0.15, 0.2) is 154 Å². The van der Waals surface area contributed by atoms with Crippen LogP contribution in [0.2, 0.25) is 0 Å². The van der Waals surface area contributed by atoms with E-state index in [9.17, 15) is 0 Å². The second-order valence-corrected chi connectivity index (χ2v) is 15.4. The topological polar surface area (TPSA) is 32.8 Å². The molecule has 7 aromatic carbocycles. The summed E-state index contributed by atoms with van der Waals surface area (Å²) in [6.07, 6.45) is 0. The van der Waals surface area contributed by atoms with Crippen molar-refractivity contribution in [2.45, 2.75) is 38.5 Å². The molecule has 4 heterocycles. The van der Waals surface area contributed by atoms with Gasteiger partial charge in [0, 0.05) is 43.7 Å². The maximum atomic E-state index is 6.78. The van der Waals surface area contributed by atoms with Gasteiger partial charge in [-0.15, -0.1) is 0 Å². The minimum absolute atomic E-state index is 0.218. The van der Waals surface area contributed by atoms with Crippen molar-refractivity contribution in [3.8, 4) is 0 Å². The third-order valence-corrected chi connectivity index (χ3v) is 11.8. The van der Waals surface area contributed by atoms with Crippen molar-refractivity contribution in [3.63, 3.8) is 0 Å². The summed E-state index contributed by atoms with van der Waals surface area (Å²) >= 11 is 0. The summed E-state index contributed by atoms with van der Waals surface area (Å²) in [5.74, 6) is 0. The van der Waals surface area contributed by atoms with Gasteiger partial charge >= 0.3 is 0 Å². The highest BCUT2D eigenvalue weighted by molar-refractivity contribution is 6.16. The number of benzene rings is 7. The van der Waals surface area contributed by atoms with Gasteiger partial charge in [-0.2, -0.15) is 0 Å². The Kier molecular flexibility index (Phi) is 5.76. The predicted octanol–water partition coefficient (Wildman–Crippen LogP) is 13.7. The van der Waals surface area contributed by atoms with Crippen LogP contribution in [0.4, 0.5) is 34.1 Å². The first-order valence-electron chi connectivity index (χ1n) is 18.1. The summed E-state index contributed by atoms with van der Waals surface area (Å²) in [4.78, 5) is 4.80. The average Bonchev–Trinajstić information content (AvgIpc) is 3.70. The van der Waals surface area contributed by atoms with Crippen molar-refractivity contribution in [2.75, 3.05) is 9.80 Å². The minimum atomic E-state index is -0.218. The van der Waals surface area contributed by atoms with Crippen molar-refractivity contribution in [1.82, 2.24) is 0 Å². The van der Waals surface area contributed by atoms with Gasteiger partial charge in [0.2, 0.25) is 0 Å². The van der Waals surface area contributed by atoms with E-state index in [-0.39, 0.29) is 10.8 Å². The molecule has 0 atom stereocenters. The zero-order valence-electron chi connectivity index (χ0n) is 29.6. The van der Waals surface area contributed by atoms with Crippen LogP contribution in [0, 0.1) is 0 Å². The van der Waals surface area contributed by atoms with E-state index in [0.29, 0.717) is 0 Å². The maximum absolute atomic E-state index is 6.78. The molecule has 2 aliphatic rings. The third kappa shape index (κ3) is 3.87. The normalized spacial score (nSPS) is 15.5. The molecular formula is C48H36N2O2. The second kappa shape index (κ2) is 10.2. The summed E-state index contributed by atoms with van der Waals surface area (Å²) in [6.45, 7) is 9.28. The molecule has 0 radical (unpaired) electrons. The van der Waals surface area contributed by atoms with Gasteiger partial charge in [-0.1, -0.05) is 100 Å². The fourth-order valence-corrected chi connectivity index (χ4v) is 9.14. The first kappa shape index (κ1) is 29.5. The van der Waals surface area contributed by atoms with E-state index in [1.165, 1.54) is 45.0 Å². The quantitative estimate of drug-likeness (QED) is 0.183. The minimum Gasteiger partial charge on any atom is -0.456 e. The van der Waals surface area contributed by atoms with Crippen molar-refractivity contribution < 1.29 is 8.83 Å². The van der Waals surface area contributed by atoms with Gasteiger partial charge in [0.25, 0.3) is 0 Å². The van der Waals surface area contributed by atoms with Crippen LogP contribution in [0.25, 0.3) is 43.9 Å². The molecule has 0 fully saturated rings. The van der Waals surface area contributed by atoms with E-state index < -0.39 is 0 Å². The Morgan fingerprint density at radius 2 is 0.692 bits per heavy atom. The third-order valence-electron chi connectivity index (χ3n) is 11.8. The highest BCUT2D eigenvalue weighted by atomic mass is 16.3. The Labute approximate surface area is 302 Å². The summed E-state index contributed by atoms with van der Waals surface area (Å²) in [6, 6.07) is 52.4. The highest BCUT2D eigenvalue weighted by Gasteiger charge is 2.39. The molecular weight excluding hydrogens is 637 g/mol. The Morgan fingerprint density at radius 3 is 1.12 bits per heavy atom. The average molecular weight is 673 g/mol. The molecule has 0 aliphatic carbocycles. The van der Waals surface area contributed by atoms with Crippen LogP contribution in [-0.4, -0.2) is 0 Å². The predicted molar refractivity (Wildman–Crippen MR) is 215 cm³/mol. The lowest BCUT2D eigenvalue weighted by molar-refractivity contribution is 0.625. The van der Waals surface area contributed by atoms with Crippen molar-refractivity contribution in [3.05, 3.63) is 168 Å². The van der Waals surface area contributed by atoms with Crippen LogP contribution in [0.1, 0.15) is 49.9 Å². The monoisotopic (exact) mass is 672 g/mol. The Hall–Kier alpha value is -6.26. The van der Waals surface area contributed by atoms with Crippen molar-refractivity contribution >= 4 is 78.0 Å². The number of para-hydroxylation sites is 4. The molecule has 0 saturated heterocycles. The molecule has 0 unspecified atom stereocenters. The van der Waals surface area contributed by atoms with E-state index in [2.05, 4.69) is 183 Å². The van der Waals surface area contributed by atoms with Gasteiger partial charge < -0.3 is 18.6 Å². The van der Waals surface area contributed by atoms with Crippen LogP contribution < -0.4 is 9.80 Å². The fourth-order valence-electron chi connectivity index (χ4n) is 9.14. The van der Waals surface area contributed by atoms with Crippen LogP contribution in [-0.2, 0) is 10.8 Å². The number of anilines is 6. The number of fused-ring (bicyclic) bond motifs is 10. The van der Waals surface area contributed by atoms with Gasteiger partial charge in [0.05, 0.1) is 22.7 Å². The van der Waals surface area contributed by atoms with Gasteiger partial charge in [0.15, 0.2) is 0 Å². The molecule has 2 aliphatic heterocycles. The Morgan fingerprint density at radius 1 is 0.346 bits per heavy atom. The van der Waals surface area contributed by atoms with E-state index in [0.717, 1.165) is 55.3 Å². The summed E-state index contributed by atoms with van der Waals surface area (Å²) in [5, 5.41) is 4.27. The highest BCUT2D eigenvalue weighted by Crippen LogP contribution is 2.55. The van der Waals surface area contributed by atoms with Crippen molar-refractivity contribution in [1.29, 1.82) is 0 Å². The van der Waals surface area contributed by atoms with E-state index in [1.807, 2.05) is 0 Å². The van der Waals surface area contributed by atoms with Gasteiger partial charge in [0.1, 0.15) is 22.3 Å². The lowest BCUT2D eigenvalue weighted by Crippen LogP contribution is -2.30. The molecule has 2 aromatic heterocycles. The Bertz CT molecular complexity index is 2710.